The van der Waals surface area contributed by atoms with Crippen LogP contribution in [0.2, 0.25) is 0 Å². The van der Waals surface area contributed by atoms with Crippen LogP contribution in [0, 0.1) is 6.92 Å². The standard InChI is InChI=1S/C27H26N2O3S/c1-3-20-11-7-8-18(2)26(20)29-25(31)17-23(27(29)32)33-22-14-12-21(13-15-22)28-24(30)16-19-9-5-4-6-10-19/h4-15,23H,3,16-17H2,1-2H3,(H,28,30). The monoisotopic (exact) mass is 458 g/mol. The molecule has 0 radical (unpaired) electrons. The van der Waals surface area contributed by atoms with Gasteiger partial charge in [-0.25, -0.2) is 4.90 Å². The Kier molecular flexibility index (Phi) is 6.94. The molecule has 1 atom stereocenters. The molecule has 1 aliphatic rings. The second-order valence-corrected chi connectivity index (χ2v) is 9.33. The number of aryl methyl sites for hydroxylation is 2. The fourth-order valence-corrected chi connectivity index (χ4v) is 5.08. The highest BCUT2D eigenvalue weighted by Crippen LogP contribution is 2.37. The summed E-state index contributed by atoms with van der Waals surface area (Å²) in [5, 5.41) is 2.44. The number of hydrogen-bond donors (Lipinski definition) is 1. The molecule has 1 N–H and O–H groups in total. The minimum Gasteiger partial charge on any atom is -0.326 e. The lowest BCUT2D eigenvalue weighted by atomic mass is 10.0. The highest BCUT2D eigenvalue weighted by Gasteiger charge is 2.41. The Morgan fingerprint density at radius 2 is 1.73 bits per heavy atom. The van der Waals surface area contributed by atoms with Crippen molar-refractivity contribution in [3.8, 4) is 0 Å². The summed E-state index contributed by atoms with van der Waals surface area (Å²) in [6, 6.07) is 22.8. The van der Waals surface area contributed by atoms with Gasteiger partial charge in [-0.15, -0.1) is 11.8 Å². The molecule has 0 aliphatic carbocycles. The van der Waals surface area contributed by atoms with Crippen LogP contribution >= 0.6 is 11.8 Å². The summed E-state index contributed by atoms with van der Waals surface area (Å²) in [5.41, 5.74) is 4.31. The molecule has 1 saturated heterocycles. The van der Waals surface area contributed by atoms with E-state index in [9.17, 15) is 14.4 Å². The summed E-state index contributed by atoms with van der Waals surface area (Å²) >= 11 is 1.39. The highest BCUT2D eigenvalue weighted by molar-refractivity contribution is 8.00. The number of imide groups is 1. The molecule has 33 heavy (non-hydrogen) atoms. The maximum atomic E-state index is 13.2. The van der Waals surface area contributed by atoms with Gasteiger partial charge in [-0.05, 0) is 54.3 Å². The average molecular weight is 459 g/mol. The van der Waals surface area contributed by atoms with Crippen molar-refractivity contribution in [2.75, 3.05) is 10.2 Å². The molecule has 0 bridgehead atoms. The Hall–Kier alpha value is -3.38. The molecule has 3 amide bonds. The van der Waals surface area contributed by atoms with E-state index in [1.165, 1.54) is 16.7 Å². The smallest absolute Gasteiger partial charge is 0.247 e. The quantitative estimate of drug-likeness (QED) is 0.497. The molecular formula is C27H26N2O3S. The van der Waals surface area contributed by atoms with Gasteiger partial charge in [0, 0.05) is 17.0 Å². The number of amides is 3. The van der Waals surface area contributed by atoms with E-state index in [1.807, 2.05) is 86.6 Å². The number of hydrogen-bond acceptors (Lipinski definition) is 4. The molecule has 0 spiro atoms. The Bertz CT molecular complexity index is 1180. The normalized spacial score (nSPS) is 15.7. The lowest BCUT2D eigenvalue weighted by Gasteiger charge is -2.20. The summed E-state index contributed by atoms with van der Waals surface area (Å²) in [5.74, 6) is -0.417. The number of rotatable bonds is 7. The van der Waals surface area contributed by atoms with E-state index < -0.39 is 5.25 Å². The first-order chi connectivity index (χ1) is 16.0. The van der Waals surface area contributed by atoms with E-state index in [2.05, 4.69) is 5.32 Å². The van der Waals surface area contributed by atoms with Crippen LogP contribution in [0.5, 0.6) is 0 Å². The topological polar surface area (TPSA) is 66.5 Å². The van der Waals surface area contributed by atoms with E-state index >= 15 is 0 Å². The summed E-state index contributed by atoms with van der Waals surface area (Å²) in [7, 11) is 0. The molecular weight excluding hydrogens is 432 g/mol. The van der Waals surface area contributed by atoms with Gasteiger partial charge in [-0.2, -0.15) is 0 Å². The SMILES string of the molecule is CCc1cccc(C)c1N1C(=O)CC(Sc2ccc(NC(=O)Cc3ccccc3)cc2)C1=O. The van der Waals surface area contributed by atoms with Crippen LogP contribution in [0.1, 0.15) is 30.0 Å². The van der Waals surface area contributed by atoms with Gasteiger partial charge in [0.05, 0.1) is 17.4 Å². The third-order valence-electron chi connectivity index (χ3n) is 5.65. The average Bonchev–Trinajstić information content (AvgIpc) is 3.08. The molecule has 6 heteroatoms. The van der Waals surface area contributed by atoms with Crippen molar-refractivity contribution in [1.29, 1.82) is 0 Å². The molecule has 1 unspecified atom stereocenters. The van der Waals surface area contributed by atoms with Crippen molar-refractivity contribution in [2.45, 2.75) is 43.3 Å². The van der Waals surface area contributed by atoms with Gasteiger partial charge in [0.25, 0.3) is 0 Å². The molecule has 1 aliphatic heterocycles. The van der Waals surface area contributed by atoms with Crippen LogP contribution in [0.4, 0.5) is 11.4 Å². The maximum absolute atomic E-state index is 13.2. The number of benzene rings is 3. The highest BCUT2D eigenvalue weighted by atomic mass is 32.2. The van der Waals surface area contributed by atoms with Gasteiger partial charge in [0.15, 0.2) is 0 Å². The summed E-state index contributed by atoms with van der Waals surface area (Å²) in [4.78, 5) is 40.4. The minimum absolute atomic E-state index is 0.0845. The number of carbonyl (C=O) groups is 3. The van der Waals surface area contributed by atoms with Crippen molar-refractivity contribution in [1.82, 2.24) is 0 Å². The van der Waals surface area contributed by atoms with Crippen LogP contribution in [-0.2, 0) is 27.2 Å². The Labute approximate surface area is 198 Å². The molecule has 5 nitrogen and oxygen atoms in total. The molecule has 3 aromatic rings. The van der Waals surface area contributed by atoms with Crippen molar-refractivity contribution in [2.24, 2.45) is 0 Å². The second kappa shape index (κ2) is 10.0. The van der Waals surface area contributed by atoms with Crippen LogP contribution in [0.3, 0.4) is 0 Å². The molecule has 1 heterocycles. The zero-order valence-corrected chi connectivity index (χ0v) is 19.5. The first kappa shape index (κ1) is 22.8. The fraction of sp³-hybridized carbons (Fsp3) is 0.222. The van der Waals surface area contributed by atoms with Crippen molar-refractivity contribution < 1.29 is 14.4 Å². The zero-order valence-electron chi connectivity index (χ0n) is 18.7. The second-order valence-electron chi connectivity index (χ2n) is 8.05. The van der Waals surface area contributed by atoms with Crippen LogP contribution in [0.15, 0.2) is 77.7 Å². The Morgan fingerprint density at radius 3 is 2.42 bits per heavy atom. The van der Waals surface area contributed by atoms with Gasteiger partial charge in [0.2, 0.25) is 17.7 Å². The van der Waals surface area contributed by atoms with Crippen molar-refractivity contribution in [3.63, 3.8) is 0 Å². The van der Waals surface area contributed by atoms with Gasteiger partial charge in [-0.3, -0.25) is 14.4 Å². The molecule has 3 aromatic carbocycles. The number of thioether (sulfide) groups is 1. The van der Waals surface area contributed by atoms with Gasteiger partial charge < -0.3 is 5.32 Å². The van der Waals surface area contributed by atoms with Gasteiger partial charge >= 0.3 is 0 Å². The predicted molar refractivity (Wildman–Crippen MR) is 133 cm³/mol. The van der Waals surface area contributed by atoms with E-state index in [4.69, 9.17) is 0 Å². The number of para-hydroxylation sites is 1. The van der Waals surface area contributed by atoms with Gasteiger partial charge in [-0.1, -0.05) is 55.5 Å². The van der Waals surface area contributed by atoms with Crippen LogP contribution < -0.4 is 10.2 Å². The molecule has 0 aromatic heterocycles. The minimum atomic E-state index is -0.458. The third kappa shape index (κ3) is 5.17. The first-order valence-corrected chi connectivity index (χ1v) is 11.9. The van der Waals surface area contributed by atoms with Crippen LogP contribution in [-0.4, -0.2) is 23.0 Å². The van der Waals surface area contributed by atoms with E-state index in [0.29, 0.717) is 12.1 Å². The lowest BCUT2D eigenvalue weighted by Crippen LogP contribution is -2.32. The number of nitrogens with zero attached hydrogens (tertiary/aromatic N) is 1. The van der Waals surface area contributed by atoms with E-state index in [0.717, 1.165) is 33.7 Å². The maximum Gasteiger partial charge on any atom is 0.247 e. The van der Waals surface area contributed by atoms with Gasteiger partial charge in [0.1, 0.15) is 0 Å². The van der Waals surface area contributed by atoms with E-state index in [1.54, 1.807) is 0 Å². The zero-order chi connectivity index (χ0) is 23.4. The molecule has 1 fully saturated rings. The van der Waals surface area contributed by atoms with Crippen molar-refractivity contribution in [3.05, 3.63) is 89.5 Å². The third-order valence-corrected chi connectivity index (χ3v) is 6.85. The number of nitrogens with one attached hydrogen (secondary N) is 1. The fourth-order valence-electron chi connectivity index (χ4n) is 4.02. The largest absolute Gasteiger partial charge is 0.326 e. The van der Waals surface area contributed by atoms with Crippen molar-refractivity contribution >= 4 is 40.9 Å². The van der Waals surface area contributed by atoms with Crippen LogP contribution in [0.25, 0.3) is 0 Å². The Morgan fingerprint density at radius 1 is 1.00 bits per heavy atom. The molecule has 168 valence electrons. The summed E-state index contributed by atoms with van der Waals surface area (Å²) < 4.78 is 0. The van der Waals surface area contributed by atoms with E-state index in [-0.39, 0.29) is 24.1 Å². The predicted octanol–water partition coefficient (Wildman–Crippen LogP) is 5.16. The number of carbonyl (C=O) groups excluding carboxylic acids is 3. The number of anilines is 2. The summed E-state index contributed by atoms with van der Waals surface area (Å²) in [6.07, 6.45) is 1.24. The summed E-state index contributed by atoms with van der Waals surface area (Å²) in [6.45, 7) is 3.95. The molecule has 4 rings (SSSR count). The molecule has 0 saturated carbocycles. The first-order valence-electron chi connectivity index (χ1n) is 11.0. The Balaban J connectivity index is 1.41. The lowest BCUT2D eigenvalue weighted by molar-refractivity contribution is -0.121.